The van der Waals surface area contributed by atoms with Gasteiger partial charge in [0.2, 0.25) is 0 Å². The van der Waals surface area contributed by atoms with Crippen LogP contribution in [-0.4, -0.2) is 35.0 Å². The van der Waals surface area contributed by atoms with Crippen molar-refractivity contribution >= 4 is 11.9 Å². The van der Waals surface area contributed by atoms with Crippen molar-refractivity contribution in [2.75, 3.05) is 13.1 Å². The van der Waals surface area contributed by atoms with Crippen molar-refractivity contribution in [1.29, 1.82) is 0 Å². The van der Waals surface area contributed by atoms with Crippen LogP contribution < -0.4 is 0 Å². The van der Waals surface area contributed by atoms with Gasteiger partial charge in [-0.05, 0) is 37.6 Å². The standard InChI is InChI=1S/C17H16FNO4/c1-17(16(21)22)8-9-19(10-17)15(20)14-7-6-13(23-14)11-4-2-3-5-12(11)18/h2-7H,8-10H2,1H3,(H,21,22)/t17-/m0/s1. The molecule has 5 nitrogen and oxygen atoms in total. The normalized spacial score (nSPS) is 20.7. The zero-order chi connectivity index (χ0) is 16.6. The van der Waals surface area contributed by atoms with Crippen LogP contribution >= 0.6 is 0 Å². The van der Waals surface area contributed by atoms with E-state index in [1.165, 1.54) is 23.1 Å². The molecule has 2 heterocycles. The Morgan fingerprint density at radius 1 is 1.26 bits per heavy atom. The number of carboxylic acid groups (broad SMARTS) is 1. The minimum absolute atomic E-state index is 0.0814. The van der Waals surface area contributed by atoms with Crippen molar-refractivity contribution in [3.05, 3.63) is 48.0 Å². The number of benzene rings is 1. The molecule has 3 rings (SSSR count). The zero-order valence-electron chi connectivity index (χ0n) is 12.6. The first-order valence-electron chi connectivity index (χ1n) is 7.28. The summed E-state index contributed by atoms with van der Waals surface area (Å²) in [4.78, 5) is 25.1. The van der Waals surface area contributed by atoms with Gasteiger partial charge < -0.3 is 14.4 Å². The lowest BCUT2D eigenvalue weighted by Gasteiger charge is -2.19. The number of carbonyl (C=O) groups is 2. The molecular formula is C17H16FNO4. The molecule has 0 aliphatic carbocycles. The molecule has 1 aliphatic heterocycles. The van der Waals surface area contributed by atoms with Crippen molar-refractivity contribution in [2.45, 2.75) is 13.3 Å². The molecule has 0 bridgehead atoms. The van der Waals surface area contributed by atoms with Gasteiger partial charge in [-0.15, -0.1) is 0 Å². The van der Waals surface area contributed by atoms with E-state index in [0.717, 1.165) is 0 Å². The van der Waals surface area contributed by atoms with E-state index >= 15 is 0 Å². The van der Waals surface area contributed by atoms with E-state index in [1.807, 2.05) is 0 Å². The Bertz CT molecular complexity index is 769. The largest absolute Gasteiger partial charge is 0.481 e. The van der Waals surface area contributed by atoms with Crippen LogP contribution in [0.4, 0.5) is 4.39 Å². The molecule has 0 saturated carbocycles. The molecule has 1 aromatic heterocycles. The number of carboxylic acids is 1. The number of amides is 1. The summed E-state index contributed by atoms with van der Waals surface area (Å²) in [5, 5.41) is 9.22. The first-order valence-corrected chi connectivity index (χ1v) is 7.28. The molecule has 120 valence electrons. The summed E-state index contributed by atoms with van der Waals surface area (Å²) in [5.41, 5.74) is -0.653. The molecule has 1 N–H and O–H groups in total. The fraction of sp³-hybridized carbons (Fsp3) is 0.294. The molecule has 1 aliphatic rings. The van der Waals surface area contributed by atoms with Gasteiger partial charge in [-0.3, -0.25) is 9.59 Å². The molecule has 1 aromatic carbocycles. The number of aliphatic carboxylic acids is 1. The van der Waals surface area contributed by atoms with Crippen LogP contribution in [0.2, 0.25) is 0 Å². The van der Waals surface area contributed by atoms with E-state index in [9.17, 15) is 19.1 Å². The summed E-state index contributed by atoms with van der Waals surface area (Å²) in [6, 6.07) is 9.17. The lowest BCUT2D eigenvalue weighted by atomic mass is 9.90. The molecule has 0 unspecified atom stereocenters. The Hall–Kier alpha value is -2.63. The van der Waals surface area contributed by atoms with Crippen molar-refractivity contribution in [3.63, 3.8) is 0 Å². The number of rotatable bonds is 3. The maximum atomic E-state index is 13.8. The second-order valence-corrected chi connectivity index (χ2v) is 5.99. The zero-order valence-corrected chi connectivity index (χ0v) is 12.6. The highest BCUT2D eigenvalue weighted by atomic mass is 19.1. The minimum atomic E-state index is -0.934. The third kappa shape index (κ3) is 2.72. The third-order valence-corrected chi connectivity index (χ3v) is 4.23. The molecule has 6 heteroatoms. The van der Waals surface area contributed by atoms with Gasteiger partial charge in [0, 0.05) is 13.1 Å². The number of nitrogens with zero attached hydrogens (tertiary/aromatic N) is 1. The first-order chi connectivity index (χ1) is 10.9. The van der Waals surface area contributed by atoms with E-state index in [4.69, 9.17) is 4.42 Å². The van der Waals surface area contributed by atoms with Gasteiger partial charge in [0.1, 0.15) is 11.6 Å². The van der Waals surface area contributed by atoms with Crippen LogP contribution in [0.5, 0.6) is 0 Å². The Morgan fingerprint density at radius 3 is 2.65 bits per heavy atom. The summed E-state index contributed by atoms with van der Waals surface area (Å²) in [7, 11) is 0. The molecular weight excluding hydrogens is 301 g/mol. The quantitative estimate of drug-likeness (QED) is 0.944. The maximum Gasteiger partial charge on any atom is 0.311 e. The molecule has 0 radical (unpaired) electrons. The second kappa shape index (κ2) is 5.53. The summed E-state index contributed by atoms with van der Waals surface area (Å²) in [6.45, 7) is 2.11. The van der Waals surface area contributed by atoms with Crippen LogP contribution in [0.25, 0.3) is 11.3 Å². The van der Waals surface area contributed by atoms with Gasteiger partial charge in [-0.2, -0.15) is 0 Å². The summed E-state index contributed by atoms with van der Waals surface area (Å²) < 4.78 is 19.2. The molecule has 1 fully saturated rings. The van der Waals surface area contributed by atoms with Crippen molar-refractivity contribution in [1.82, 2.24) is 4.90 Å². The van der Waals surface area contributed by atoms with Crippen LogP contribution in [0.15, 0.2) is 40.8 Å². The predicted octanol–water partition coefficient (Wildman–Crippen LogP) is 3.02. The van der Waals surface area contributed by atoms with Gasteiger partial charge >= 0.3 is 5.97 Å². The van der Waals surface area contributed by atoms with Gasteiger partial charge in [0.05, 0.1) is 11.0 Å². The number of furan rings is 1. The van der Waals surface area contributed by atoms with Crippen LogP contribution in [0, 0.1) is 11.2 Å². The molecule has 1 saturated heterocycles. The first kappa shape index (κ1) is 15.3. The number of carbonyl (C=O) groups excluding carboxylic acids is 1. The van der Waals surface area contributed by atoms with Crippen molar-refractivity contribution < 1.29 is 23.5 Å². The molecule has 23 heavy (non-hydrogen) atoms. The number of hydrogen-bond acceptors (Lipinski definition) is 3. The highest BCUT2D eigenvalue weighted by Gasteiger charge is 2.42. The lowest BCUT2D eigenvalue weighted by Crippen LogP contribution is -2.34. The van der Waals surface area contributed by atoms with Crippen LogP contribution in [-0.2, 0) is 4.79 Å². The van der Waals surface area contributed by atoms with E-state index in [2.05, 4.69) is 0 Å². The highest BCUT2D eigenvalue weighted by Crippen LogP contribution is 2.32. The van der Waals surface area contributed by atoms with E-state index < -0.39 is 17.2 Å². The molecule has 1 atom stereocenters. The predicted molar refractivity (Wildman–Crippen MR) is 80.4 cm³/mol. The molecule has 1 amide bonds. The fourth-order valence-corrected chi connectivity index (χ4v) is 2.72. The van der Waals surface area contributed by atoms with Gasteiger partial charge in [-0.25, -0.2) is 4.39 Å². The monoisotopic (exact) mass is 317 g/mol. The van der Waals surface area contributed by atoms with Gasteiger partial charge in [0.25, 0.3) is 5.91 Å². The van der Waals surface area contributed by atoms with E-state index in [1.54, 1.807) is 25.1 Å². The van der Waals surface area contributed by atoms with Gasteiger partial charge in [0.15, 0.2) is 5.76 Å². The van der Waals surface area contributed by atoms with Crippen LogP contribution in [0.1, 0.15) is 23.9 Å². The number of halogens is 1. The summed E-state index contributed by atoms with van der Waals surface area (Å²) >= 11 is 0. The summed E-state index contributed by atoms with van der Waals surface area (Å²) in [6.07, 6.45) is 0.398. The average molecular weight is 317 g/mol. The highest BCUT2D eigenvalue weighted by molar-refractivity contribution is 5.93. The number of hydrogen-bond donors (Lipinski definition) is 1. The Labute approximate surface area is 132 Å². The minimum Gasteiger partial charge on any atom is -0.481 e. The Morgan fingerprint density at radius 2 is 2.00 bits per heavy atom. The van der Waals surface area contributed by atoms with E-state index in [0.29, 0.717) is 13.0 Å². The molecule has 0 spiro atoms. The summed E-state index contributed by atoms with van der Waals surface area (Å²) in [5.74, 6) is -1.37. The number of likely N-dealkylation sites (tertiary alicyclic amines) is 1. The smallest absolute Gasteiger partial charge is 0.311 e. The molecule has 2 aromatic rings. The van der Waals surface area contributed by atoms with Crippen LogP contribution in [0.3, 0.4) is 0 Å². The van der Waals surface area contributed by atoms with Crippen molar-refractivity contribution in [3.8, 4) is 11.3 Å². The lowest BCUT2D eigenvalue weighted by molar-refractivity contribution is -0.147. The average Bonchev–Trinajstić information content (AvgIpc) is 3.15. The second-order valence-electron chi connectivity index (χ2n) is 5.99. The van der Waals surface area contributed by atoms with Gasteiger partial charge in [-0.1, -0.05) is 12.1 Å². The van der Waals surface area contributed by atoms with Crippen molar-refractivity contribution in [2.24, 2.45) is 5.41 Å². The topological polar surface area (TPSA) is 70.8 Å². The maximum absolute atomic E-state index is 13.8. The third-order valence-electron chi connectivity index (χ3n) is 4.23. The van der Waals surface area contributed by atoms with E-state index in [-0.39, 0.29) is 29.5 Å². The Kier molecular flexibility index (Phi) is 3.67. The fourth-order valence-electron chi connectivity index (χ4n) is 2.72. The SMILES string of the molecule is C[C@]1(C(=O)O)CCN(C(=O)c2ccc(-c3ccccc3F)o2)C1. The Balaban J connectivity index is 1.80.